The molecule has 0 heterocycles. The van der Waals surface area contributed by atoms with Crippen molar-refractivity contribution in [2.75, 3.05) is 13.2 Å². The van der Waals surface area contributed by atoms with Crippen molar-refractivity contribution in [3.05, 3.63) is 85.1 Å². The van der Waals surface area contributed by atoms with E-state index < -0.39 is 6.10 Å². The Morgan fingerprint density at radius 3 is 1.02 bits per heavy atom. The van der Waals surface area contributed by atoms with Crippen LogP contribution in [0, 0.1) is 0 Å². The van der Waals surface area contributed by atoms with Crippen LogP contribution < -0.4 is 0 Å². The molecule has 366 valence electrons. The predicted molar refractivity (Wildman–Crippen MR) is 274 cm³/mol. The van der Waals surface area contributed by atoms with Crippen molar-refractivity contribution in [2.24, 2.45) is 0 Å². The SMILES string of the molecule is CC/C=C\C/C=C\C/C=C\C/C=C\CCCCC(=O)O[C@@H](COC(=O)CCCCCCCC/C=C\C/C=C\C/C=C\CCCCC)COC(=O)CCCCCCCCCCCCCC. The Morgan fingerprint density at radius 1 is 0.328 bits per heavy atom. The average Bonchev–Trinajstić information content (AvgIpc) is 3.29. The Hall–Kier alpha value is -3.41. The van der Waals surface area contributed by atoms with E-state index in [0.29, 0.717) is 19.3 Å². The zero-order valence-corrected chi connectivity index (χ0v) is 41.8. The van der Waals surface area contributed by atoms with Gasteiger partial charge in [0.15, 0.2) is 6.10 Å². The number of carbonyl (C=O) groups excluding carboxylic acids is 3. The van der Waals surface area contributed by atoms with Crippen molar-refractivity contribution in [3.63, 3.8) is 0 Å². The van der Waals surface area contributed by atoms with Crippen LogP contribution in [0.5, 0.6) is 0 Å². The molecule has 0 aliphatic carbocycles. The van der Waals surface area contributed by atoms with Gasteiger partial charge < -0.3 is 14.2 Å². The third-order valence-electron chi connectivity index (χ3n) is 11.1. The minimum absolute atomic E-state index is 0.0964. The first-order chi connectivity index (χ1) is 31.5. The highest BCUT2D eigenvalue weighted by molar-refractivity contribution is 5.71. The van der Waals surface area contributed by atoms with Gasteiger partial charge in [-0.05, 0) is 96.3 Å². The van der Waals surface area contributed by atoms with E-state index in [2.05, 4.69) is 106 Å². The van der Waals surface area contributed by atoms with E-state index >= 15 is 0 Å². The second-order valence-electron chi connectivity index (χ2n) is 17.4. The minimum atomic E-state index is -0.802. The standard InChI is InChI=1S/C58H98O6/c1-4-7-10-13-16-19-22-25-27-28-29-30-32-33-36-39-42-45-48-51-57(60)63-54-55(53-62-56(59)50-47-44-41-38-35-24-21-18-15-12-9-6-3)64-58(61)52-49-46-43-40-37-34-31-26-23-20-17-14-11-8-5-2/h8,11,16-17,19-20,25-27,29-31,37,40,55H,4-7,9-10,12-15,18,21-24,28,32-36,38-39,41-54H2,1-3H3/b11-8-,19-16-,20-17-,27-25-,30-29-,31-26-,40-37-/t55-/m1/s1. The molecule has 1 atom stereocenters. The monoisotopic (exact) mass is 891 g/mol. The Labute approximate surface area is 395 Å². The van der Waals surface area contributed by atoms with Crippen molar-refractivity contribution in [2.45, 2.75) is 252 Å². The van der Waals surface area contributed by atoms with Crippen LogP contribution in [-0.2, 0) is 28.6 Å². The molecule has 0 unspecified atom stereocenters. The number of ether oxygens (including phenoxy) is 3. The molecule has 0 spiro atoms. The lowest BCUT2D eigenvalue weighted by Gasteiger charge is -2.18. The summed E-state index contributed by atoms with van der Waals surface area (Å²) in [6.45, 7) is 6.45. The molecule has 0 aliphatic heterocycles. The third-order valence-corrected chi connectivity index (χ3v) is 11.1. The molecule has 0 radical (unpaired) electrons. The molecule has 0 aliphatic rings. The van der Waals surface area contributed by atoms with Crippen LogP contribution in [0.2, 0.25) is 0 Å². The van der Waals surface area contributed by atoms with Crippen LogP contribution in [0.25, 0.3) is 0 Å². The van der Waals surface area contributed by atoms with Gasteiger partial charge in [-0.2, -0.15) is 0 Å². The number of allylic oxidation sites excluding steroid dienone is 14. The van der Waals surface area contributed by atoms with E-state index in [1.54, 1.807) is 0 Å². The molecule has 0 N–H and O–H groups in total. The Bertz CT molecular complexity index is 1250. The summed E-state index contributed by atoms with van der Waals surface area (Å²) in [7, 11) is 0. The van der Waals surface area contributed by atoms with E-state index in [4.69, 9.17) is 14.2 Å². The van der Waals surface area contributed by atoms with Gasteiger partial charge in [-0.1, -0.05) is 215 Å². The van der Waals surface area contributed by atoms with Crippen LogP contribution in [0.15, 0.2) is 85.1 Å². The van der Waals surface area contributed by atoms with E-state index in [-0.39, 0.29) is 37.5 Å². The highest BCUT2D eigenvalue weighted by Crippen LogP contribution is 2.14. The summed E-state index contributed by atoms with van der Waals surface area (Å²) >= 11 is 0. The minimum Gasteiger partial charge on any atom is -0.462 e. The first-order valence-electron chi connectivity index (χ1n) is 26.6. The lowest BCUT2D eigenvalue weighted by Crippen LogP contribution is -2.30. The normalized spacial score (nSPS) is 12.7. The van der Waals surface area contributed by atoms with Gasteiger partial charge in [0.25, 0.3) is 0 Å². The smallest absolute Gasteiger partial charge is 0.306 e. The highest BCUT2D eigenvalue weighted by atomic mass is 16.6. The Balaban J connectivity index is 4.45. The largest absolute Gasteiger partial charge is 0.462 e. The topological polar surface area (TPSA) is 78.9 Å². The molecular weight excluding hydrogens is 793 g/mol. The molecular formula is C58H98O6. The molecule has 0 bridgehead atoms. The lowest BCUT2D eigenvalue weighted by molar-refractivity contribution is -0.167. The number of rotatable bonds is 47. The molecule has 0 rings (SSSR count). The second kappa shape index (κ2) is 52.2. The molecule has 0 aromatic carbocycles. The van der Waals surface area contributed by atoms with Gasteiger partial charge in [0.2, 0.25) is 0 Å². The molecule has 0 saturated heterocycles. The number of unbranched alkanes of at least 4 members (excludes halogenated alkanes) is 22. The number of esters is 3. The summed E-state index contributed by atoms with van der Waals surface area (Å²) in [5.74, 6) is -0.950. The fourth-order valence-corrected chi connectivity index (χ4v) is 7.15. The van der Waals surface area contributed by atoms with Gasteiger partial charge >= 0.3 is 17.9 Å². The van der Waals surface area contributed by atoms with E-state index in [1.165, 1.54) is 103 Å². The van der Waals surface area contributed by atoms with Crippen LogP contribution in [0.3, 0.4) is 0 Å². The molecule has 6 nitrogen and oxygen atoms in total. The average molecular weight is 891 g/mol. The van der Waals surface area contributed by atoms with Gasteiger partial charge in [-0.25, -0.2) is 0 Å². The highest BCUT2D eigenvalue weighted by Gasteiger charge is 2.19. The molecule has 0 saturated carbocycles. The van der Waals surface area contributed by atoms with Gasteiger partial charge in [0, 0.05) is 19.3 Å². The van der Waals surface area contributed by atoms with Crippen LogP contribution >= 0.6 is 0 Å². The van der Waals surface area contributed by atoms with E-state index in [1.807, 2.05) is 0 Å². The lowest BCUT2D eigenvalue weighted by atomic mass is 10.0. The molecule has 0 aromatic rings. The quantitative estimate of drug-likeness (QED) is 0.0262. The fraction of sp³-hybridized carbons (Fsp3) is 0.707. The first kappa shape index (κ1) is 60.6. The zero-order chi connectivity index (χ0) is 46.5. The summed E-state index contributed by atoms with van der Waals surface area (Å²) in [5.41, 5.74) is 0. The van der Waals surface area contributed by atoms with Gasteiger partial charge in [0.1, 0.15) is 13.2 Å². The predicted octanol–water partition coefficient (Wildman–Crippen LogP) is 17.6. The van der Waals surface area contributed by atoms with Crippen molar-refractivity contribution in [3.8, 4) is 0 Å². The maximum Gasteiger partial charge on any atom is 0.306 e. The molecule has 64 heavy (non-hydrogen) atoms. The Kier molecular flexibility index (Phi) is 49.4. The van der Waals surface area contributed by atoms with Crippen molar-refractivity contribution >= 4 is 17.9 Å². The van der Waals surface area contributed by atoms with E-state index in [9.17, 15) is 14.4 Å². The summed E-state index contributed by atoms with van der Waals surface area (Å²) in [4.78, 5) is 38.0. The maximum atomic E-state index is 12.8. The maximum absolute atomic E-state index is 12.8. The van der Waals surface area contributed by atoms with E-state index in [0.717, 1.165) is 96.3 Å². The van der Waals surface area contributed by atoms with Crippen LogP contribution in [0.4, 0.5) is 0 Å². The number of carbonyl (C=O) groups is 3. The summed E-state index contributed by atoms with van der Waals surface area (Å²) < 4.78 is 16.8. The van der Waals surface area contributed by atoms with Gasteiger partial charge in [-0.3, -0.25) is 14.4 Å². The Morgan fingerprint density at radius 2 is 0.609 bits per heavy atom. The number of hydrogen-bond donors (Lipinski definition) is 0. The first-order valence-corrected chi connectivity index (χ1v) is 26.6. The summed E-state index contributed by atoms with van der Waals surface area (Å²) in [5, 5.41) is 0. The molecule has 0 fully saturated rings. The third kappa shape index (κ3) is 49.6. The van der Waals surface area contributed by atoms with Crippen LogP contribution in [-0.4, -0.2) is 37.2 Å². The molecule has 0 amide bonds. The summed E-state index contributed by atoms with van der Waals surface area (Å²) in [6, 6.07) is 0. The molecule has 6 heteroatoms. The van der Waals surface area contributed by atoms with Crippen molar-refractivity contribution < 1.29 is 28.6 Å². The second-order valence-corrected chi connectivity index (χ2v) is 17.4. The van der Waals surface area contributed by atoms with Crippen LogP contribution in [0.1, 0.15) is 245 Å². The summed E-state index contributed by atoms with van der Waals surface area (Å²) in [6.07, 6.45) is 67.1. The van der Waals surface area contributed by atoms with Crippen molar-refractivity contribution in [1.82, 2.24) is 0 Å². The number of hydrogen-bond acceptors (Lipinski definition) is 6. The molecule has 0 aromatic heterocycles. The van der Waals surface area contributed by atoms with Crippen molar-refractivity contribution in [1.29, 1.82) is 0 Å². The zero-order valence-electron chi connectivity index (χ0n) is 41.8. The van der Waals surface area contributed by atoms with Gasteiger partial charge in [-0.15, -0.1) is 0 Å². The fourth-order valence-electron chi connectivity index (χ4n) is 7.15. The van der Waals surface area contributed by atoms with Gasteiger partial charge in [0.05, 0.1) is 0 Å².